The zero-order chi connectivity index (χ0) is 21.7. The third-order valence-electron chi connectivity index (χ3n) is 5.53. The number of benzene rings is 1. The van der Waals surface area contributed by atoms with Crippen molar-refractivity contribution in [3.8, 4) is 5.75 Å². The molecule has 1 aromatic heterocycles. The number of anilines is 1. The number of methoxy groups -OCH3 is 1. The molecule has 2 aromatic rings. The van der Waals surface area contributed by atoms with E-state index in [0.29, 0.717) is 41.0 Å². The summed E-state index contributed by atoms with van der Waals surface area (Å²) < 4.78 is 10.7. The van der Waals surface area contributed by atoms with Crippen molar-refractivity contribution in [1.82, 2.24) is 0 Å². The highest BCUT2D eigenvalue weighted by molar-refractivity contribution is 7.17. The number of hydrogen-bond acceptors (Lipinski definition) is 5. The molecule has 0 aliphatic heterocycles. The Morgan fingerprint density at radius 2 is 2.13 bits per heavy atom. The first kappa shape index (κ1) is 22.6. The number of carbonyl (C=O) groups excluding carboxylic acids is 2. The van der Waals surface area contributed by atoms with Gasteiger partial charge in [0.05, 0.1) is 19.3 Å². The number of hydrogen-bond donors (Lipinski definition) is 1. The van der Waals surface area contributed by atoms with Crippen molar-refractivity contribution in [2.24, 2.45) is 5.92 Å². The summed E-state index contributed by atoms with van der Waals surface area (Å²) >= 11 is 7.47. The molecule has 0 unspecified atom stereocenters. The van der Waals surface area contributed by atoms with E-state index in [1.54, 1.807) is 6.07 Å². The fourth-order valence-electron chi connectivity index (χ4n) is 3.79. The van der Waals surface area contributed by atoms with Gasteiger partial charge in [0.1, 0.15) is 10.8 Å². The fraction of sp³-hybridized carbons (Fsp3) is 0.478. The normalized spacial score (nSPS) is 15.4. The van der Waals surface area contributed by atoms with Gasteiger partial charge in [-0.2, -0.15) is 0 Å². The van der Waals surface area contributed by atoms with Crippen molar-refractivity contribution >= 4 is 39.8 Å². The largest absolute Gasteiger partial charge is 0.493 e. The van der Waals surface area contributed by atoms with Crippen LogP contribution in [0.1, 0.15) is 59.0 Å². The van der Waals surface area contributed by atoms with Crippen LogP contribution >= 0.6 is 22.9 Å². The second kappa shape index (κ2) is 10.3. The minimum absolute atomic E-state index is 0.123. The Morgan fingerprint density at radius 1 is 1.33 bits per heavy atom. The zero-order valence-corrected chi connectivity index (χ0v) is 19.3. The lowest BCUT2D eigenvalue weighted by Crippen LogP contribution is -2.16. The zero-order valence-electron chi connectivity index (χ0n) is 17.7. The van der Waals surface area contributed by atoms with Gasteiger partial charge in [-0.05, 0) is 67.9 Å². The second-order valence-electron chi connectivity index (χ2n) is 7.63. The number of thiophene rings is 1. The predicted molar refractivity (Wildman–Crippen MR) is 121 cm³/mol. The Morgan fingerprint density at radius 3 is 2.83 bits per heavy atom. The summed E-state index contributed by atoms with van der Waals surface area (Å²) in [6.07, 6.45) is 4.90. The van der Waals surface area contributed by atoms with Crippen molar-refractivity contribution in [3.05, 3.63) is 44.8 Å². The Balaban J connectivity index is 1.59. The minimum atomic E-state index is -0.376. The summed E-state index contributed by atoms with van der Waals surface area (Å²) in [6, 6.07) is 5.46. The molecule has 1 aromatic carbocycles. The van der Waals surface area contributed by atoms with Crippen LogP contribution in [0.25, 0.3) is 0 Å². The molecule has 1 heterocycles. The molecule has 0 saturated carbocycles. The molecule has 5 nitrogen and oxygen atoms in total. The van der Waals surface area contributed by atoms with Gasteiger partial charge in [-0.15, -0.1) is 11.3 Å². The van der Waals surface area contributed by atoms with Crippen LogP contribution < -0.4 is 10.1 Å². The highest BCUT2D eigenvalue weighted by Gasteiger charge is 2.29. The van der Waals surface area contributed by atoms with E-state index < -0.39 is 0 Å². The minimum Gasteiger partial charge on any atom is -0.493 e. The van der Waals surface area contributed by atoms with E-state index >= 15 is 0 Å². The topological polar surface area (TPSA) is 64.6 Å². The summed E-state index contributed by atoms with van der Waals surface area (Å²) in [5.41, 5.74) is 2.55. The monoisotopic (exact) mass is 449 g/mol. The van der Waals surface area contributed by atoms with Crippen LogP contribution in [0, 0.1) is 12.8 Å². The van der Waals surface area contributed by atoms with E-state index in [2.05, 4.69) is 12.2 Å². The molecule has 0 fully saturated rings. The first-order chi connectivity index (χ1) is 14.4. The summed E-state index contributed by atoms with van der Waals surface area (Å²) in [7, 11) is 1.38. The average Bonchev–Trinajstić information content (AvgIpc) is 3.08. The van der Waals surface area contributed by atoms with Gasteiger partial charge in [-0.3, -0.25) is 4.79 Å². The Kier molecular flexibility index (Phi) is 7.78. The lowest BCUT2D eigenvalue weighted by molar-refractivity contribution is -0.116. The van der Waals surface area contributed by atoms with Crippen LogP contribution in [0.3, 0.4) is 0 Å². The number of ether oxygens (including phenoxy) is 2. The van der Waals surface area contributed by atoms with E-state index in [1.807, 2.05) is 19.1 Å². The van der Waals surface area contributed by atoms with Crippen molar-refractivity contribution in [3.63, 3.8) is 0 Å². The molecule has 1 aliphatic rings. The predicted octanol–water partition coefficient (Wildman–Crippen LogP) is 5.81. The van der Waals surface area contributed by atoms with Gasteiger partial charge in [-0.25, -0.2) is 4.79 Å². The van der Waals surface area contributed by atoms with Crippen molar-refractivity contribution in [1.29, 1.82) is 0 Å². The van der Waals surface area contributed by atoms with Gasteiger partial charge in [0, 0.05) is 16.3 Å². The lowest BCUT2D eigenvalue weighted by atomic mass is 9.85. The number of amides is 1. The standard InChI is InChI=1S/C23H28ClNO4S/c1-4-15-7-9-17-19(13-15)30-22(21(17)23(27)28-3)25-20(26)6-5-11-29-18-10-8-16(24)12-14(18)2/h8,10,12,15H,4-7,9,11,13H2,1-3H3,(H,25,26)/t15-/m1/s1. The average molecular weight is 450 g/mol. The third-order valence-corrected chi connectivity index (χ3v) is 6.93. The van der Waals surface area contributed by atoms with Gasteiger partial charge < -0.3 is 14.8 Å². The highest BCUT2D eigenvalue weighted by atomic mass is 35.5. The van der Waals surface area contributed by atoms with E-state index in [0.717, 1.165) is 42.6 Å². The Bertz CT molecular complexity index is 924. The maximum atomic E-state index is 12.5. The molecule has 0 spiro atoms. The Hall–Kier alpha value is -2.05. The van der Waals surface area contributed by atoms with Gasteiger partial charge in [-0.1, -0.05) is 24.9 Å². The van der Waals surface area contributed by atoms with Crippen molar-refractivity contribution < 1.29 is 19.1 Å². The maximum Gasteiger partial charge on any atom is 0.341 e. The summed E-state index contributed by atoms with van der Waals surface area (Å²) in [4.78, 5) is 26.1. The number of fused-ring (bicyclic) bond motifs is 1. The lowest BCUT2D eigenvalue weighted by Gasteiger charge is -2.20. The maximum absolute atomic E-state index is 12.5. The quantitative estimate of drug-likeness (QED) is 0.408. The molecule has 7 heteroatoms. The number of carbonyl (C=O) groups is 2. The van der Waals surface area contributed by atoms with E-state index in [1.165, 1.54) is 23.3 Å². The van der Waals surface area contributed by atoms with Crippen LogP contribution in [0.5, 0.6) is 5.75 Å². The molecule has 0 radical (unpaired) electrons. The van der Waals surface area contributed by atoms with Gasteiger partial charge >= 0.3 is 5.97 Å². The smallest absolute Gasteiger partial charge is 0.341 e. The van der Waals surface area contributed by atoms with Crippen LogP contribution in [0.15, 0.2) is 18.2 Å². The highest BCUT2D eigenvalue weighted by Crippen LogP contribution is 2.40. The van der Waals surface area contributed by atoms with Gasteiger partial charge in [0.2, 0.25) is 5.91 Å². The number of aryl methyl sites for hydroxylation is 1. The molecule has 1 N–H and O–H groups in total. The molecule has 162 valence electrons. The first-order valence-electron chi connectivity index (χ1n) is 10.3. The summed E-state index contributed by atoms with van der Waals surface area (Å²) in [6.45, 7) is 4.56. The molecule has 3 rings (SSSR count). The SMILES string of the molecule is CC[C@@H]1CCc2c(sc(NC(=O)CCCOc3ccc(Cl)cc3C)c2C(=O)OC)C1. The van der Waals surface area contributed by atoms with Crippen LogP contribution in [-0.4, -0.2) is 25.6 Å². The Labute approximate surface area is 186 Å². The third kappa shape index (κ3) is 5.35. The fourth-order valence-corrected chi connectivity index (χ4v) is 5.38. The summed E-state index contributed by atoms with van der Waals surface area (Å²) in [5, 5.41) is 4.22. The van der Waals surface area contributed by atoms with Crippen LogP contribution in [0.2, 0.25) is 5.02 Å². The van der Waals surface area contributed by atoms with Crippen LogP contribution in [-0.2, 0) is 22.4 Å². The molecule has 0 saturated heterocycles. The summed E-state index contributed by atoms with van der Waals surface area (Å²) in [5.74, 6) is 0.907. The number of nitrogens with one attached hydrogen (secondary N) is 1. The van der Waals surface area contributed by atoms with E-state index in [4.69, 9.17) is 21.1 Å². The first-order valence-corrected chi connectivity index (χ1v) is 11.5. The van der Waals surface area contributed by atoms with E-state index in [9.17, 15) is 9.59 Å². The van der Waals surface area contributed by atoms with Crippen molar-refractivity contribution in [2.75, 3.05) is 19.0 Å². The van der Waals surface area contributed by atoms with Gasteiger partial charge in [0.15, 0.2) is 0 Å². The molecule has 1 aliphatic carbocycles. The molecule has 0 bridgehead atoms. The molecule has 1 amide bonds. The van der Waals surface area contributed by atoms with Crippen molar-refractivity contribution in [2.45, 2.75) is 52.4 Å². The molecular formula is C23H28ClNO4S. The molecule has 30 heavy (non-hydrogen) atoms. The number of esters is 1. The van der Waals surface area contributed by atoms with Crippen LogP contribution in [0.4, 0.5) is 5.00 Å². The van der Waals surface area contributed by atoms with Gasteiger partial charge in [0.25, 0.3) is 0 Å². The van der Waals surface area contributed by atoms with E-state index in [-0.39, 0.29) is 11.9 Å². The molecule has 1 atom stereocenters. The number of halogens is 1. The second-order valence-corrected chi connectivity index (χ2v) is 9.17. The molecular weight excluding hydrogens is 422 g/mol. The number of rotatable bonds is 8.